The van der Waals surface area contributed by atoms with Crippen molar-refractivity contribution in [2.75, 3.05) is 7.11 Å². The number of carbonyl (C=O) groups is 2. The molecule has 0 amide bonds. The SMILES string of the molecule is COC(=O)C1=C(C)NC2=C(C(=O)CC(C)(C)C2)[C@@H]1c1cc(C)nn1C. The zero-order valence-corrected chi connectivity index (χ0v) is 15.7. The highest BCUT2D eigenvalue weighted by Crippen LogP contribution is 2.46. The van der Waals surface area contributed by atoms with Gasteiger partial charge in [-0.1, -0.05) is 13.8 Å². The van der Waals surface area contributed by atoms with Gasteiger partial charge in [-0.15, -0.1) is 0 Å². The molecule has 0 aromatic carbocycles. The molecule has 1 aliphatic carbocycles. The largest absolute Gasteiger partial charge is 0.466 e. The molecule has 1 atom stereocenters. The number of aromatic nitrogens is 2. The van der Waals surface area contributed by atoms with Gasteiger partial charge in [0.15, 0.2) is 5.78 Å². The van der Waals surface area contributed by atoms with Crippen LogP contribution in [0.15, 0.2) is 28.6 Å². The van der Waals surface area contributed by atoms with Crippen LogP contribution in [0.1, 0.15) is 50.9 Å². The molecule has 6 nitrogen and oxygen atoms in total. The van der Waals surface area contributed by atoms with Gasteiger partial charge in [0, 0.05) is 30.4 Å². The average molecular weight is 343 g/mol. The highest BCUT2D eigenvalue weighted by atomic mass is 16.5. The Morgan fingerprint density at radius 3 is 2.60 bits per heavy atom. The topological polar surface area (TPSA) is 73.2 Å². The van der Waals surface area contributed by atoms with Crippen molar-refractivity contribution in [1.82, 2.24) is 15.1 Å². The summed E-state index contributed by atoms with van der Waals surface area (Å²) >= 11 is 0. The van der Waals surface area contributed by atoms with Crippen LogP contribution < -0.4 is 5.32 Å². The molecule has 1 N–H and O–H groups in total. The van der Waals surface area contributed by atoms with Gasteiger partial charge >= 0.3 is 5.97 Å². The van der Waals surface area contributed by atoms with Crippen LogP contribution in [0.2, 0.25) is 0 Å². The minimum atomic E-state index is -0.446. The van der Waals surface area contributed by atoms with Crippen molar-refractivity contribution in [1.29, 1.82) is 0 Å². The van der Waals surface area contributed by atoms with Gasteiger partial charge in [0.05, 0.1) is 30.0 Å². The second-order valence-electron chi connectivity index (χ2n) is 7.76. The number of nitrogens with one attached hydrogen (secondary N) is 1. The maximum atomic E-state index is 13.0. The van der Waals surface area contributed by atoms with Crippen LogP contribution in [0.4, 0.5) is 0 Å². The predicted octanol–water partition coefficient (Wildman–Crippen LogP) is 2.51. The summed E-state index contributed by atoms with van der Waals surface area (Å²) in [5.74, 6) is -0.784. The van der Waals surface area contributed by atoms with Crippen LogP contribution in [0, 0.1) is 12.3 Å². The molecule has 25 heavy (non-hydrogen) atoms. The van der Waals surface area contributed by atoms with E-state index in [2.05, 4.69) is 24.3 Å². The number of hydrogen-bond donors (Lipinski definition) is 1. The Bertz CT molecular complexity index is 827. The quantitative estimate of drug-likeness (QED) is 0.835. The number of esters is 1. The van der Waals surface area contributed by atoms with E-state index in [1.807, 2.05) is 27.0 Å². The van der Waals surface area contributed by atoms with Gasteiger partial charge in [-0.25, -0.2) is 4.79 Å². The minimum Gasteiger partial charge on any atom is -0.466 e. The first kappa shape index (κ1) is 17.5. The Kier molecular flexibility index (Phi) is 4.09. The maximum Gasteiger partial charge on any atom is 0.336 e. The molecule has 0 bridgehead atoms. The number of allylic oxidation sites excluding steroid dienone is 3. The minimum absolute atomic E-state index is 0.0801. The Morgan fingerprint density at radius 1 is 1.36 bits per heavy atom. The molecular weight excluding hydrogens is 318 g/mol. The van der Waals surface area contributed by atoms with Crippen molar-refractivity contribution in [2.45, 2.75) is 46.5 Å². The fraction of sp³-hybridized carbons (Fsp3) is 0.526. The van der Waals surface area contributed by atoms with Crippen molar-refractivity contribution in [3.8, 4) is 0 Å². The van der Waals surface area contributed by atoms with E-state index in [0.717, 1.165) is 29.2 Å². The number of dihydropyridines is 1. The molecule has 2 aliphatic rings. The molecule has 0 radical (unpaired) electrons. The summed E-state index contributed by atoms with van der Waals surface area (Å²) in [6.45, 7) is 7.95. The number of hydrogen-bond acceptors (Lipinski definition) is 5. The van der Waals surface area contributed by atoms with Crippen molar-refractivity contribution >= 4 is 11.8 Å². The zero-order valence-electron chi connectivity index (χ0n) is 15.7. The fourth-order valence-electron chi connectivity index (χ4n) is 4.01. The number of aryl methyl sites for hydroxylation is 2. The Balaban J connectivity index is 2.23. The van der Waals surface area contributed by atoms with Gasteiger partial charge in [0.2, 0.25) is 0 Å². The molecule has 0 spiro atoms. The van der Waals surface area contributed by atoms with Crippen LogP contribution in [0.25, 0.3) is 0 Å². The number of methoxy groups -OCH3 is 1. The molecule has 0 fully saturated rings. The lowest BCUT2D eigenvalue weighted by Crippen LogP contribution is -2.39. The standard InChI is InChI=1S/C19H25N3O3/c1-10-7-13(22(5)21-10)17-15(18(24)25-6)11(2)20-12-8-19(3,4)9-14(23)16(12)17/h7,17,20H,8-9H2,1-6H3/t17-/m1/s1. The third-order valence-corrected chi connectivity index (χ3v) is 4.98. The highest BCUT2D eigenvalue weighted by molar-refractivity contribution is 6.04. The summed E-state index contributed by atoms with van der Waals surface area (Å²) in [5, 5.41) is 7.71. The lowest BCUT2D eigenvalue weighted by Gasteiger charge is -2.39. The molecule has 1 aromatic rings. The fourth-order valence-corrected chi connectivity index (χ4v) is 4.01. The highest BCUT2D eigenvalue weighted by Gasteiger charge is 2.44. The van der Waals surface area contributed by atoms with E-state index in [-0.39, 0.29) is 11.2 Å². The van der Waals surface area contributed by atoms with Crippen molar-refractivity contribution in [2.24, 2.45) is 12.5 Å². The number of ether oxygens (including phenoxy) is 1. The molecule has 134 valence electrons. The van der Waals surface area contributed by atoms with E-state index in [4.69, 9.17) is 4.74 Å². The van der Waals surface area contributed by atoms with E-state index in [1.54, 1.807) is 4.68 Å². The number of Topliss-reactive ketones (excluding diaryl/α,β-unsaturated/α-hetero) is 1. The predicted molar refractivity (Wildman–Crippen MR) is 93.6 cm³/mol. The monoisotopic (exact) mass is 343 g/mol. The maximum absolute atomic E-state index is 13.0. The summed E-state index contributed by atoms with van der Waals surface area (Å²) in [7, 11) is 3.20. The average Bonchev–Trinajstić information content (AvgIpc) is 2.82. The molecule has 3 rings (SSSR count). The number of ketones is 1. The first-order valence-corrected chi connectivity index (χ1v) is 8.47. The molecular formula is C19H25N3O3. The molecule has 0 saturated carbocycles. The smallest absolute Gasteiger partial charge is 0.336 e. The van der Waals surface area contributed by atoms with E-state index in [9.17, 15) is 9.59 Å². The third kappa shape index (κ3) is 2.90. The van der Waals surface area contributed by atoms with Gasteiger partial charge in [-0.05, 0) is 31.7 Å². The van der Waals surface area contributed by atoms with Gasteiger partial charge in [0.25, 0.3) is 0 Å². The van der Waals surface area contributed by atoms with E-state index >= 15 is 0 Å². The van der Waals surface area contributed by atoms with Gasteiger partial charge < -0.3 is 10.1 Å². The second-order valence-corrected chi connectivity index (χ2v) is 7.76. The Morgan fingerprint density at radius 2 is 2.04 bits per heavy atom. The first-order chi connectivity index (χ1) is 11.6. The summed E-state index contributed by atoms with van der Waals surface area (Å²) in [6, 6.07) is 1.93. The van der Waals surface area contributed by atoms with Crippen LogP contribution in [0.3, 0.4) is 0 Å². The molecule has 0 unspecified atom stereocenters. The van der Waals surface area contributed by atoms with Crippen molar-refractivity contribution in [3.05, 3.63) is 40.0 Å². The molecule has 2 heterocycles. The van der Waals surface area contributed by atoms with Crippen LogP contribution in [0.5, 0.6) is 0 Å². The van der Waals surface area contributed by atoms with Gasteiger partial charge in [-0.2, -0.15) is 5.10 Å². The second kappa shape index (κ2) is 5.86. The first-order valence-electron chi connectivity index (χ1n) is 8.47. The van der Waals surface area contributed by atoms with Crippen molar-refractivity contribution in [3.63, 3.8) is 0 Å². The number of carbonyl (C=O) groups excluding carboxylic acids is 2. The van der Waals surface area contributed by atoms with E-state index < -0.39 is 11.9 Å². The molecule has 1 aromatic heterocycles. The van der Waals surface area contributed by atoms with Crippen LogP contribution in [-0.4, -0.2) is 28.6 Å². The zero-order chi connectivity index (χ0) is 18.5. The lowest BCUT2D eigenvalue weighted by molar-refractivity contribution is -0.136. The van der Waals surface area contributed by atoms with Crippen LogP contribution >= 0.6 is 0 Å². The van der Waals surface area contributed by atoms with Gasteiger partial charge in [-0.3, -0.25) is 9.48 Å². The summed E-state index contributed by atoms with van der Waals surface area (Å²) in [5.41, 5.74) is 4.39. The molecule has 1 aliphatic heterocycles. The molecule has 6 heteroatoms. The number of rotatable bonds is 2. The van der Waals surface area contributed by atoms with E-state index in [1.165, 1.54) is 7.11 Å². The third-order valence-electron chi connectivity index (χ3n) is 4.98. The normalized spacial score (nSPS) is 22.6. The summed E-state index contributed by atoms with van der Waals surface area (Å²) < 4.78 is 6.76. The Hall–Kier alpha value is -2.37. The Labute approximate surface area is 147 Å². The van der Waals surface area contributed by atoms with Crippen molar-refractivity contribution < 1.29 is 14.3 Å². The summed E-state index contributed by atoms with van der Waals surface area (Å²) in [4.78, 5) is 25.5. The lowest BCUT2D eigenvalue weighted by atomic mass is 9.69. The summed E-state index contributed by atoms with van der Waals surface area (Å²) in [6.07, 6.45) is 1.24. The number of nitrogens with zero attached hydrogens (tertiary/aromatic N) is 2. The molecule has 0 saturated heterocycles. The van der Waals surface area contributed by atoms with E-state index in [0.29, 0.717) is 17.6 Å². The van der Waals surface area contributed by atoms with Crippen LogP contribution in [-0.2, 0) is 21.4 Å². The van der Waals surface area contributed by atoms with Gasteiger partial charge in [0.1, 0.15) is 0 Å².